The molecule has 4 heterocycles. The van der Waals surface area contributed by atoms with Gasteiger partial charge in [-0.05, 0) is 104 Å². The van der Waals surface area contributed by atoms with Crippen LogP contribution in [0.25, 0.3) is 11.1 Å². The first-order valence-corrected chi connectivity index (χ1v) is 16.2. The van der Waals surface area contributed by atoms with Gasteiger partial charge in [-0.3, -0.25) is 14.4 Å². The third-order valence-electron chi connectivity index (χ3n) is 8.77. The summed E-state index contributed by atoms with van der Waals surface area (Å²) in [6, 6.07) is 9.43. The van der Waals surface area contributed by atoms with E-state index in [4.69, 9.17) is 9.72 Å². The maximum absolute atomic E-state index is 13.9. The highest BCUT2D eigenvalue weighted by molar-refractivity contribution is 6.13. The van der Waals surface area contributed by atoms with Crippen LogP contribution in [0.2, 0.25) is 0 Å². The van der Waals surface area contributed by atoms with Gasteiger partial charge in [0.2, 0.25) is 5.91 Å². The van der Waals surface area contributed by atoms with E-state index in [9.17, 15) is 19.2 Å². The monoisotopic (exact) mass is 642 g/mol. The summed E-state index contributed by atoms with van der Waals surface area (Å²) in [6.45, 7) is 19.2. The summed E-state index contributed by atoms with van der Waals surface area (Å²) in [6.07, 6.45) is 1.46. The molecule has 3 aromatic rings. The van der Waals surface area contributed by atoms with Crippen molar-refractivity contribution in [1.29, 1.82) is 0 Å². The molecule has 2 N–H and O–H groups in total. The Labute approximate surface area is 276 Å². The second-order valence-electron chi connectivity index (χ2n) is 14.3. The van der Waals surface area contributed by atoms with E-state index >= 15 is 0 Å². The Morgan fingerprint density at radius 2 is 1.70 bits per heavy atom. The number of fused-ring (bicyclic) bond motifs is 1. The maximum atomic E-state index is 13.9. The zero-order valence-corrected chi connectivity index (χ0v) is 28.9. The maximum Gasteiger partial charge on any atom is 0.410 e. The Hall–Kier alpha value is -4.67. The number of carbonyl (C=O) groups is 3. The number of hydrogen-bond donors (Lipinski definition) is 2. The molecule has 2 aromatic heterocycles. The highest BCUT2D eigenvalue weighted by Gasteiger charge is 2.47. The molecule has 0 radical (unpaired) electrons. The third kappa shape index (κ3) is 6.75. The lowest BCUT2D eigenvalue weighted by molar-refractivity contribution is -0.122. The van der Waals surface area contributed by atoms with Crippen molar-refractivity contribution in [1.82, 2.24) is 20.2 Å². The van der Waals surface area contributed by atoms with E-state index < -0.39 is 11.0 Å². The van der Waals surface area contributed by atoms with Crippen molar-refractivity contribution in [2.24, 2.45) is 0 Å². The van der Waals surface area contributed by atoms with Crippen molar-refractivity contribution < 1.29 is 19.1 Å². The number of benzene rings is 1. The molecule has 0 atom stereocenters. The molecule has 2 aliphatic rings. The second-order valence-corrected chi connectivity index (χ2v) is 14.3. The Bertz CT molecular complexity index is 1760. The number of pyridine rings is 2. The Morgan fingerprint density at radius 1 is 1.02 bits per heavy atom. The smallest absolute Gasteiger partial charge is 0.410 e. The van der Waals surface area contributed by atoms with Gasteiger partial charge >= 0.3 is 6.09 Å². The summed E-state index contributed by atoms with van der Waals surface area (Å²) in [5.41, 5.74) is 3.64. The lowest BCUT2D eigenvalue weighted by Crippen LogP contribution is -2.50. The van der Waals surface area contributed by atoms with E-state index in [1.165, 1.54) is 0 Å². The molecule has 0 saturated carbocycles. The molecule has 0 unspecified atom stereocenters. The van der Waals surface area contributed by atoms with Gasteiger partial charge < -0.3 is 29.7 Å². The fourth-order valence-corrected chi connectivity index (χ4v) is 6.40. The summed E-state index contributed by atoms with van der Waals surface area (Å²) < 4.78 is 5.52. The Morgan fingerprint density at radius 3 is 2.28 bits per heavy atom. The number of anilines is 2. The largest absolute Gasteiger partial charge is 0.444 e. The number of nitrogens with one attached hydrogen (secondary N) is 2. The van der Waals surface area contributed by atoms with Crippen molar-refractivity contribution in [2.45, 2.75) is 85.9 Å². The fraction of sp³-hybridized carbons (Fsp3) is 0.472. The second kappa shape index (κ2) is 12.5. The molecular weight excluding hydrogens is 596 g/mol. The van der Waals surface area contributed by atoms with Gasteiger partial charge in [0.25, 0.3) is 11.5 Å². The molecule has 0 aliphatic carbocycles. The summed E-state index contributed by atoms with van der Waals surface area (Å²) in [4.78, 5) is 65.9. The number of aryl methyl sites for hydroxylation is 2. The van der Waals surface area contributed by atoms with Crippen molar-refractivity contribution in [3.05, 3.63) is 74.8 Å². The van der Waals surface area contributed by atoms with Crippen LogP contribution >= 0.6 is 0 Å². The summed E-state index contributed by atoms with van der Waals surface area (Å²) >= 11 is 0. The predicted octanol–water partition coefficient (Wildman–Crippen LogP) is 5.07. The number of piperazine rings is 1. The normalized spacial score (nSPS) is 16.0. The molecule has 11 heteroatoms. The lowest BCUT2D eigenvalue weighted by atomic mass is 9.81. The Balaban J connectivity index is 1.44. The minimum atomic E-state index is -0.925. The van der Waals surface area contributed by atoms with Gasteiger partial charge in [0.05, 0.1) is 5.41 Å². The van der Waals surface area contributed by atoms with Crippen molar-refractivity contribution >= 4 is 29.4 Å². The third-order valence-corrected chi connectivity index (χ3v) is 8.77. The van der Waals surface area contributed by atoms with E-state index in [1.54, 1.807) is 16.0 Å². The molecule has 1 aromatic carbocycles. The van der Waals surface area contributed by atoms with Crippen LogP contribution in [-0.4, -0.2) is 70.6 Å². The molecule has 0 spiro atoms. The number of carbonyl (C=O) groups excluding carboxylic acids is 3. The molecular formula is C36H46N6O5. The zero-order valence-electron chi connectivity index (χ0n) is 28.9. The van der Waals surface area contributed by atoms with Crippen LogP contribution in [0.1, 0.15) is 81.2 Å². The first-order chi connectivity index (χ1) is 22.0. The van der Waals surface area contributed by atoms with Gasteiger partial charge in [-0.15, -0.1) is 0 Å². The molecule has 1 fully saturated rings. The van der Waals surface area contributed by atoms with Gasteiger partial charge in [0, 0.05) is 78.6 Å². The van der Waals surface area contributed by atoms with Gasteiger partial charge in [0.15, 0.2) is 0 Å². The van der Waals surface area contributed by atoms with Crippen LogP contribution in [0, 0.1) is 13.8 Å². The van der Waals surface area contributed by atoms with E-state index in [0.717, 1.165) is 28.2 Å². The molecule has 3 amide bonds. The standard InChI is InChI=1S/C36H46N6O5/c1-21(2)42-28-18-25(24-10-11-29(37-19-24)40-12-14-41(15-13-40)34(46)47-35(5,6)7)17-26(30(28)36(8,9)33(42)45)31(43)38-20-27-22(3)16-23(4)39-32(27)44/h10-11,16-19,21H,12-15,20H2,1-9H3,(H,38,43)(H,39,44). The van der Waals surface area contributed by atoms with Crippen LogP contribution in [0.4, 0.5) is 16.3 Å². The van der Waals surface area contributed by atoms with Crippen LogP contribution in [0.5, 0.6) is 0 Å². The molecule has 1 saturated heterocycles. The van der Waals surface area contributed by atoms with Gasteiger partial charge in [0.1, 0.15) is 11.4 Å². The van der Waals surface area contributed by atoms with E-state index in [-0.39, 0.29) is 36.1 Å². The van der Waals surface area contributed by atoms with Gasteiger partial charge in [-0.25, -0.2) is 9.78 Å². The highest BCUT2D eigenvalue weighted by Crippen LogP contribution is 2.46. The highest BCUT2D eigenvalue weighted by atomic mass is 16.6. The van der Waals surface area contributed by atoms with Gasteiger partial charge in [-0.1, -0.05) is 0 Å². The number of rotatable bonds is 6. The number of ether oxygens (including phenoxy) is 1. The van der Waals surface area contributed by atoms with E-state index in [2.05, 4.69) is 15.2 Å². The average Bonchev–Trinajstić information content (AvgIpc) is 3.19. The summed E-state index contributed by atoms with van der Waals surface area (Å²) in [5, 5.41) is 2.95. The number of H-pyrrole nitrogens is 1. The first-order valence-electron chi connectivity index (χ1n) is 16.2. The Kier molecular flexibility index (Phi) is 8.96. The predicted molar refractivity (Wildman–Crippen MR) is 183 cm³/mol. The molecule has 47 heavy (non-hydrogen) atoms. The lowest BCUT2D eigenvalue weighted by Gasteiger charge is -2.36. The van der Waals surface area contributed by atoms with Crippen molar-refractivity contribution in [3.63, 3.8) is 0 Å². The van der Waals surface area contributed by atoms with Crippen LogP contribution in [0.3, 0.4) is 0 Å². The number of nitrogens with zero attached hydrogens (tertiary/aromatic N) is 4. The molecule has 11 nitrogen and oxygen atoms in total. The van der Waals surface area contributed by atoms with Crippen molar-refractivity contribution in [2.75, 3.05) is 36.0 Å². The van der Waals surface area contributed by atoms with Crippen molar-refractivity contribution in [3.8, 4) is 11.1 Å². The fourth-order valence-electron chi connectivity index (χ4n) is 6.40. The first kappa shape index (κ1) is 33.7. The minimum Gasteiger partial charge on any atom is -0.444 e. The van der Waals surface area contributed by atoms with Crippen LogP contribution < -0.4 is 20.7 Å². The summed E-state index contributed by atoms with van der Waals surface area (Å²) in [7, 11) is 0. The molecule has 0 bridgehead atoms. The number of amides is 3. The topological polar surface area (TPSA) is 128 Å². The van der Waals surface area contributed by atoms with Crippen LogP contribution in [0.15, 0.2) is 41.3 Å². The van der Waals surface area contributed by atoms with Crippen LogP contribution in [-0.2, 0) is 21.5 Å². The minimum absolute atomic E-state index is 0.0546. The molecule has 250 valence electrons. The van der Waals surface area contributed by atoms with E-state index in [1.807, 2.05) is 92.6 Å². The number of hydrogen-bond acceptors (Lipinski definition) is 7. The van der Waals surface area contributed by atoms with Gasteiger partial charge in [-0.2, -0.15) is 0 Å². The zero-order chi connectivity index (χ0) is 34.4. The SMILES string of the molecule is Cc1cc(C)c(CNC(=O)c2cc(-c3ccc(N4CCN(C(=O)OC(C)(C)C)CC4)nc3)cc3c2C(C)(C)C(=O)N3C(C)C)c(=O)[nH]1. The molecule has 5 rings (SSSR count). The molecule has 2 aliphatic heterocycles. The number of aromatic nitrogens is 2. The van der Waals surface area contributed by atoms with E-state index in [0.29, 0.717) is 48.6 Å². The quantitative estimate of drug-likeness (QED) is 0.384. The average molecular weight is 643 g/mol. The summed E-state index contributed by atoms with van der Waals surface area (Å²) in [5.74, 6) is 0.357. The number of aromatic amines is 1.